The van der Waals surface area contributed by atoms with Gasteiger partial charge in [-0.2, -0.15) is 0 Å². The van der Waals surface area contributed by atoms with E-state index in [1.54, 1.807) is 6.92 Å². The van der Waals surface area contributed by atoms with Crippen LogP contribution in [0.1, 0.15) is 6.92 Å². The summed E-state index contributed by atoms with van der Waals surface area (Å²) in [4.78, 5) is 28.3. The molecule has 9 nitrogen and oxygen atoms in total. The van der Waals surface area contributed by atoms with Gasteiger partial charge in [0.2, 0.25) is 0 Å². The molecule has 1 saturated heterocycles. The van der Waals surface area contributed by atoms with Crippen molar-refractivity contribution in [1.29, 1.82) is 0 Å². The Morgan fingerprint density at radius 2 is 1.71 bits per heavy atom. The summed E-state index contributed by atoms with van der Waals surface area (Å²) in [6, 6.07) is 0. The summed E-state index contributed by atoms with van der Waals surface area (Å²) >= 11 is 0. The summed E-state index contributed by atoms with van der Waals surface area (Å²) in [5, 5.41) is 13.9. The van der Waals surface area contributed by atoms with E-state index < -0.39 is 18.5 Å². The molecule has 0 radical (unpaired) electrons. The highest BCUT2D eigenvalue weighted by Gasteiger charge is 2.09. The summed E-state index contributed by atoms with van der Waals surface area (Å²) in [5.41, 5.74) is 0. The quantitative estimate of drug-likeness (QED) is 0.662. The number of cyclic esters (lactones) is 2. The Morgan fingerprint density at radius 1 is 1.29 bits per heavy atom. The van der Waals surface area contributed by atoms with Crippen LogP contribution in [0.5, 0.6) is 0 Å². The molecule has 1 rings (SSSR count). The molecule has 2 N–H and O–H groups in total. The Kier molecular flexibility index (Phi) is 12.0. The van der Waals surface area contributed by atoms with Gasteiger partial charge in [0.25, 0.3) is 0 Å². The normalized spacial score (nSPS) is 11.5. The molecular weight excluding hydrogens is 240 g/mol. The van der Waals surface area contributed by atoms with Crippen LogP contribution in [0.4, 0.5) is 14.4 Å². The van der Waals surface area contributed by atoms with Crippen molar-refractivity contribution in [1.82, 2.24) is 0 Å². The van der Waals surface area contributed by atoms with Crippen molar-refractivity contribution in [2.24, 2.45) is 0 Å². The van der Waals surface area contributed by atoms with E-state index in [1.807, 2.05) is 0 Å². The molecule has 1 aliphatic rings. The molecule has 17 heavy (non-hydrogen) atoms. The van der Waals surface area contributed by atoms with Gasteiger partial charge in [0, 0.05) is 0 Å². The van der Waals surface area contributed by atoms with E-state index in [2.05, 4.69) is 18.9 Å². The second kappa shape index (κ2) is 11.9. The van der Waals surface area contributed by atoms with Crippen molar-refractivity contribution in [2.45, 2.75) is 6.92 Å². The molecule has 1 fully saturated rings. The Labute approximate surface area is 96.8 Å². The highest BCUT2D eigenvalue weighted by molar-refractivity contribution is 5.61. The summed E-state index contributed by atoms with van der Waals surface area (Å²) < 4.78 is 17.0. The second-order valence-corrected chi connectivity index (χ2v) is 2.12. The molecule has 1 aliphatic heterocycles. The molecule has 0 aromatic rings. The maximum atomic E-state index is 9.97. The number of rotatable bonds is 1. The number of hydrogen-bond acceptors (Lipinski definition) is 7. The molecular formula is C8H14O9. The first-order chi connectivity index (χ1) is 7.93. The highest BCUT2D eigenvalue weighted by Crippen LogP contribution is 1.92. The molecule has 0 bridgehead atoms. The standard InChI is InChI=1S/C4H8O3.C3H4O3.CH2O3/c1-3-7-4(5)6-2;4-3-5-1-2-6-3;2-1(3)4/h3H2,1-2H3;1-2H2;(H2,2,3,4). The second-order valence-electron chi connectivity index (χ2n) is 2.12. The number of methoxy groups -OCH3 is 1. The molecule has 0 saturated carbocycles. The van der Waals surface area contributed by atoms with E-state index in [-0.39, 0.29) is 0 Å². The summed E-state index contributed by atoms with van der Waals surface area (Å²) in [6.45, 7) is 2.92. The molecule has 0 unspecified atom stereocenters. The number of carboxylic acid groups (broad SMARTS) is 2. The molecule has 9 heteroatoms. The van der Waals surface area contributed by atoms with Gasteiger partial charge in [-0.1, -0.05) is 0 Å². The lowest BCUT2D eigenvalue weighted by Gasteiger charge is -1.94. The van der Waals surface area contributed by atoms with Crippen molar-refractivity contribution in [3.8, 4) is 0 Å². The number of ether oxygens (including phenoxy) is 4. The van der Waals surface area contributed by atoms with E-state index in [4.69, 9.17) is 15.0 Å². The first kappa shape index (κ1) is 17.2. The minimum atomic E-state index is -1.83. The molecule has 0 amide bonds. The Balaban J connectivity index is 0. The summed E-state index contributed by atoms with van der Waals surface area (Å²) in [5.74, 6) is 0. The SMILES string of the molecule is CCOC(=O)OC.O=C(O)O.O=C1OCCO1. The van der Waals surface area contributed by atoms with Crippen LogP contribution in [0.3, 0.4) is 0 Å². The van der Waals surface area contributed by atoms with E-state index in [0.29, 0.717) is 19.8 Å². The Bertz CT molecular complexity index is 225. The fourth-order valence-corrected chi connectivity index (χ4v) is 0.468. The van der Waals surface area contributed by atoms with Gasteiger partial charge in [0.05, 0.1) is 13.7 Å². The van der Waals surface area contributed by atoms with Gasteiger partial charge < -0.3 is 29.2 Å². The van der Waals surface area contributed by atoms with Crippen molar-refractivity contribution in [2.75, 3.05) is 26.9 Å². The number of hydrogen-bond donors (Lipinski definition) is 2. The third-order valence-corrected chi connectivity index (χ3v) is 0.952. The Hall–Kier alpha value is -2.19. The van der Waals surface area contributed by atoms with Crippen LogP contribution in [0, 0.1) is 0 Å². The third kappa shape index (κ3) is 20.0. The van der Waals surface area contributed by atoms with Gasteiger partial charge >= 0.3 is 18.5 Å². The fourth-order valence-electron chi connectivity index (χ4n) is 0.468. The number of carbonyl (C=O) groups is 3. The zero-order valence-corrected chi connectivity index (χ0v) is 9.37. The van der Waals surface area contributed by atoms with Crippen molar-refractivity contribution in [3.05, 3.63) is 0 Å². The minimum absolute atomic E-state index is 0.368. The smallest absolute Gasteiger partial charge is 0.450 e. The molecule has 100 valence electrons. The molecule has 0 aromatic carbocycles. The Morgan fingerprint density at radius 3 is 1.82 bits per heavy atom. The van der Waals surface area contributed by atoms with Gasteiger partial charge in [-0.3, -0.25) is 0 Å². The lowest BCUT2D eigenvalue weighted by Crippen LogP contribution is -2.02. The van der Waals surface area contributed by atoms with E-state index in [0.717, 1.165) is 0 Å². The van der Waals surface area contributed by atoms with Crippen LogP contribution in [0.25, 0.3) is 0 Å². The predicted octanol–water partition coefficient (Wildman–Crippen LogP) is 1.16. The average molecular weight is 254 g/mol. The third-order valence-electron chi connectivity index (χ3n) is 0.952. The molecule has 1 heterocycles. The van der Waals surface area contributed by atoms with Crippen molar-refractivity contribution >= 4 is 18.5 Å². The minimum Gasteiger partial charge on any atom is -0.450 e. The maximum Gasteiger partial charge on any atom is 0.508 e. The zero-order valence-electron chi connectivity index (χ0n) is 9.37. The molecule has 0 aromatic heterocycles. The van der Waals surface area contributed by atoms with Gasteiger partial charge in [0.1, 0.15) is 13.2 Å². The van der Waals surface area contributed by atoms with Gasteiger partial charge in [-0.05, 0) is 6.92 Å². The largest absolute Gasteiger partial charge is 0.508 e. The first-order valence-electron chi connectivity index (χ1n) is 4.36. The average Bonchev–Trinajstić information content (AvgIpc) is 2.69. The highest BCUT2D eigenvalue weighted by atomic mass is 16.8. The summed E-state index contributed by atoms with van der Waals surface area (Å²) in [6.07, 6.45) is -3.00. The van der Waals surface area contributed by atoms with Crippen LogP contribution in [-0.4, -0.2) is 55.6 Å². The molecule has 0 aliphatic carbocycles. The van der Waals surface area contributed by atoms with Crippen LogP contribution in [-0.2, 0) is 18.9 Å². The predicted molar refractivity (Wildman–Crippen MR) is 52.0 cm³/mol. The fraction of sp³-hybridized carbons (Fsp3) is 0.625. The van der Waals surface area contributed by atoms with Crippen LogP contribution >= 0.6 is 0 Å². The van der Waals surface area contributed by atoms with Crippen molar-refractivity contribution in [3.63, 3.8) is 0 Å². The van der Waals surface area contributed by atoms with Crippen LogP contribution < -0.4 is 0 Å². The van der Waals surface area contributed by atoms with Crippen LogP contribution in [0.2, 0.25) is 0 Å². The molecule has 0 spiro atoms. The van der Waals surface area contributed by atoms with Gasteiger partial charge in [-0.25, -0.2) is 14.4 Å². The van der Waals surface area contributed by atoms with E-state index >= 15 is 0 Å². The van der Waals surface area contributed by atoms with Gasteiger partial charge in [0.15, 0.2) is 0 Å². The van der Waals surface area contributed by atoms with E-state index in [9.17, 15) is 9.59 Å². The number of carbonyl (C=O) groups excluding carboxylic acids is 2. The monoisotopic (exact) mass is 254 g/mol. The van der Waals surface area contributed by atoms with Crippen LogP contribution in [0.15, 0.2) is 0 Å². The topological polar surface area (TPSA) is 129 Å². The van der Waals surface area contributed by atoms with Crippen molar-refractivity contribution < 1.29 is 43.5 Å². The summed E-state index contributed by atoms with van der Waals surface area (Å²) in [7, 11) is 1.28. The lowest BCUT2D eigenvalue weighted by molar-refractivity contribution is 0.0770. The van der Waals surface area contributed by atoms with Gasteiger partial charge in [-0.15, -0.1) is 0 Å². The lowest BCUT2D eigenvalue weighted by atomic mass is 10.8. The zero-order chi connectivity index (χ0) is 13.7. The first-order valence-corrected chi connectivity index (χ1v) is 4.36. The molecule has 0 atom stereocenters. The van der Waals surface area contributed by atoms with E-state index in [1.165, 1.54) is 7.11 Å². The maximum absolute atomic E-state index is 9.97.